The Hall–Kier alpha value is -4.88. The van der Waals surface area contributed by atoms with E-state index in [2.05, 4.69) is 22.9 Å². The minimum absolute atomic E-state index is 0.315. The van der Waals surface area contributed by atoms with E-state index in [0.717, 1.165) is 45.6 Å². The van der Waals surface area contributed by atoms with Crippen LogP contribution in [0.5, 0.6) is 5.75 Å². The average molecular weight is 624 g/mol. The van der Waals surface area contributed by atoms with Crippen LogP contribution < -0.4 is 4.74 Å². The predicted octanol–water partition coefficient (Wildman–Crippen LogP) is 6.01. The first-order chi connectivity index (χ1) is 21.8. The molecule has 0 aliphatic carbocycles. The summed E-state index contributed by atoms with van der Waals surface area (Å²) in [5.74, 6) is 5.38. The van der Waals surface area contributed by atoms with Crippen LogP contribution >= 0.6 is 0 Å². The summed E-state index contributed by atoms with van der Waals surface area (Å²) >= 11 is 0. The number of pyridine rings is 1. The minimum Gasteiger partial charge on any atom is -0.490 e. The number of aryl methyl sites for hydroxylation is 1. The second-order valence-electron chi connectivity index (χ2n) is 12.9. The number of fused-ring (bicyclic) bond motifs is 2. The van der Waals surface area contributed by atoms with E-state index in [1.165, 1.54) is 0 Å². The van der Waals surface area contributed by atoms with Crippen LogP contribution in [0, 0.1) is 24.6 Å². The summed E-state index contributed by atoms with van der Waals surface area (Å²) in [6.07, 6.45) is 11.3. The summed E-state index contributed by atoms with van der Waals surface area (Å²) in [5.41, 5.74) is 4.24. The van der Waals surface area contributed by atoms with Crippen molar-refractivity contribution in [3.8, 4) is 17.6 Å². The number of hydrogen-bond donors (Lipinski definition) is 1. The van der Waals surface area contributed by atoms with Gasteiger partial charge < -0.3 is 28.6 Å². The number of carbonyl (C=O) groups is 1. The van der Waals surface area contributed by atoms with Crippen molar-refractivity contribution in [1.29, 1.82) is 0 Å². The Labute approximate surface area is 268 Å². The lowest BCUT2D eigenvalue weighted by atomic mass is 9.80. The van der Waals surface area contributed by atoms with Gasteiger partial charge in [-0.3, -0.25) is 0 Å². The molecule has 0 amide bonds. The summed E-state index contributed by atoms with van der Waals surface area (Å²) in [4.78, 5) is 23.2. The maximum absolute atomic E-state index is 15.9. The van der Waals surface area contributed by atoms with Crippen molar-refractivity contribution in [2.45, 2.75) is 64.7 Å². The number of ether oxygens (including phenoxy) is 2. The van der Waals surface area contributed by atoms with Crippen molar-refractivity contribution >= 4 is 17.0 Å². The Bertz CT molecular complexity index is 1990. The Kier molecular flexibility index (Phi) is 7.77. The second kappa shape index (κ2) is 11.5. The van der Waals surface area contributed by atoms with Gasteiger partial charge in [0.2, 0.25) is 0 Å². The van der Waals surface area contributed by atoms with Gasteiger partial charge in [-0.05, 0) is 101 Å². The third-order valence-corrected chi connectivity index (χ3v) is 8.62. The van der Waals surface area contributed by atoms with Crippen LogP contribution in [0.4, 0.5) is 4.39 Å². The Balaban J connectivity index is 1.60. The number of rotatable bonds is 5. The van der Waals surface area contributed by atoms with Crippen LogP contribution in [0.15, 0.2) is 66.7 Å². The highest BCUT2D eigenvalue weighted by molar-refractivity contribution is 5.81. The molecule has 2 aliphatic heterocycles. The monoisotopic (exact) mass is 623 g/mol. The molecule has 1 N–H and O–H groups in total. The van der Waals surface area contributed by atoms with Gasteiger partial charge in [-0.1, -0.05) is 0 Å². The van der Waals surface area contributed by atoms with E-state index in [0.29, 0.717) is 30.0 Å². The molecule has 0 radical (unpaired) electrons. The zero-order chi connectivity index (χ0) is 33.0. The first-order valence-electron chi connectivity index (χ1n) is 15.3. The molecule has 6 rings (SSSR count). The van der Waals surface area contributed by atoms with Crippen LogP contribution in [-0.2, 0) is 28.5 Å². The number of aromatic nitrogens is 4. The summed E-state index contributed by atoms with van der Waals surface area (Å²) in [6.45, 7) is 9.94. The first kappa shape index (κ1) is 31.1. The van der Waals surface area contributed by atoms with Gasteiger partial charge >= 0.3 is 5.97 Å². The minimum atomic E-state index is -1.19. The van der Waals surface area contributed by atoms with Crippen molar-refractivity contribution in [3.63, 3.8) is 0 Å². The molecule has 2 atom stereocenters. The molecule has 46 heavy (non-hydrogen) atoms. The van der Waals surface area contributed by atoms with E-state index in [1.807, 2.05) is 81.1 Å². The lowest BCUT2D eigenvalue weighted by Gasteiger charge is -2.39. The molecule has 0 saturated heterocycles. The quantitative estimate of drug-likeness (QED) is 0.272. The molecule has 5 heterocycles. The summed E-state index contributed by atoms with van der Waals surface area (Å²) in [7, 11) is 3.84. The van der Waals surface area contributed by atoms with E-state index < -0.39 is 29.0 Å². The molecule has 0 spiro atoms. The SMILES string of the molecule is CC1=CC(c2cc(F)c3c(c2C)CCCO3)(n2ccc3cc(C(OC(C)(C)C)C(=O)O)cnc32)C=C(C#Cc2cncn2C)N1C. The fourth-order valence-corrected chi connectivity index (χ4v) is 6.27. The molecule has 1 aromatic carbocycles. The van der Waals surface area contributed by atoms with E-state index >= 15 is 4.39 Å². The molecule has 2 aliphatic rings. The van der Waals surface area contributed by atoms with Crippen molar-refractivity contribution in [1.82, 2.24) is 24.0 Å². The van der Waals surface area contributed by atoms with E-state index in [4.69, 9.17) is 14.5 Å². The molecule has 0 saturated carbocycles. The number of imidazole rings is 1. The second-order valence-corrected chi connectivity index (χ2v) is 12.9. The van der Waals surface area contributed by atoms with Crippen LogP contribution in [0.25, 0.3) is 11.0 Å². The fraction of sp³-hybridized carbons (Fsp3) is 0.361. The summed E-state index contributed by atoms with van der Waals surface area (Å²) < 4.78 is 31.4. The number of carboxylic acid groups (broad SMARTS) is 1. The number of nitrogens with zero attached hydrogens (tertiary/aromatic N) is 5. The molecule has 238 valence electrons. The smallest absolute Gasteiger partial charge is 0.337 e. The third-order valence-electron chi connectivity index (χ3n) is 8.62. The highest BCUT2D eigenvalue weighted by atomic mass is 19.1. The number of hydrogen-bond acceptors (Lipinski definition) is 6. The van der Waals surface area contributed by atoms with Gasteiger partial charge in [-0.15, -0.1) is 0 Å². The predicted molar refractivity (Wildman–Crippen MR) is 173 cm³/mol. The van der Waals surface area contributed by atoms with Crippen LogP contribution in [0.3, 0.4) is 0 Å². The third kappa shape index (κ3) is 5.45. The molecule has 2 unspecified atom stereocenters. The van der Waals surface area contributed by atoms with Crippen LogP contribution in [-0.4, -0.2) is 54.3 Å². The molecule has 0 bridgehead atoms. The van der Waals surface area contributed by atoms with Crippen LogP contribution in [0.1, 0.15) is 68.2 Å². The van der Waals surface area contributed by atoms with Gasteiger partial charge in [0.05, 0.1) is 30.4 Å². The van der Waals surface area contributed by atoms with Gasteiger partial charge in [0.25, 0.3) is 0 Å². The Morgan fingerprint density at radius 3 is 2.65 bits per heavy atom. The number of benzene rings is 1. The first-order valence-corrected chi connectivity index (χ1v) is 15.3. The molecular formula is C36H38FN5O4. The lowest BCUT2D eigenvalue weighted by molar-refractivity contribution is -0.160. The normalized spacial score (nSPS) is 18.7. The van der Waals surface area contributed by atoms with E-state index in [9.17, 15) is 9.90 Å². The Morgan fingerprint density at radius 2 is 1.96 bits per heavy atom. The van der Waals surface area contributed by atoms with Crippen molar-refractivity contribution < 1.29 is 23.8 Å². The van der Waals surface area contributed by atoms with Gasteiger partial charge in [0.15, 0.2) is 17.7 Å². The van der Waals surface area contributed by atoms with Gasteiger partial charge in [-0.25, -0.2) is 19.2 Å². The number of carboxylic acids is 1. The highest BCUT2D eigenvalue weighted by Gasteiger charge is 2.39. The zero-order valence-electron chi connectivity index (χ0n) is 27.2. The zero-order valence-corrected chi connectivity index (χ0v) is 27.2. The van der Waals surface area contributed by atoms with Gasteiger partial charge in [0, 0.05) is 48.7 Å². The topological polar surface area (TPSA) is 94.6 Å². The summed E-state index contributed by atoms with van der Waals surface area (Å²) in [6, 6.07) is 5.26. The van der Waals surface area contributed by atoms with Gasteiger partial charge in [0.1, 0.15) is 16.9 Å². The van der Waals surface area contributed by atoms with E-state index in [-0.39, 0.29) is 0 Å². The van der Waals surface area contributed by atoms with Crippen molar-refractivity contribution in [2.24, 2.45) is 7.05 Å². The standard InChI is InChI=1S/C36H38FN5O4/c1-22-17-36(18-26(41(22)7)10-11-27-20-38-21-40(27)6,29-16-30(37)32-28(23(29)2)9-8-14-45-32)42-13-12-24-15-25(19-39-33(24)42)31(34(43)44)46-35(3,4)5/h12-13,15-21,31H,8-9,14H2,1-7H3,(H,43,44). The molecule has 3 aromatic heterocycles. The fourth-order valence-electron chi connectivity index (χ4n) is 6.27. The highest BCUT2D eigenvalue weighted by Crippen LogP contribution is 2.44. The molecule has 9 nitrogen and oxygen atoms in total. The Morgan fingerprint density at radius 1 is 1.17 bits per heavy atom. The maximum atomic E-state index is 15.9. The van der Waals surface area contributed by atoms with E-state index in [1.54, 1.807) is 30.9 Å². The average Bonchev–Trinajstić information content (AvgIpc) is 3.63. The van der Waals surface area contributed by atoms with Crippen LogP contribution in [0.2, 0.25) is 0 Å². The lowest BCUT2D eigenvalue weighted by Crippen LogP contribution is -2.38. The molecular weight excluding hydrogens is 585 g/mol. The summed E-state index contributed by atoms with van der Waals surface area (Å²) in [5, 5.41) is 10.7. The largest absolute Gasteiger partial charge is 0.490 e. The maximum Gasteiger partial charge on any atom is 0.337 e. The number of aliphatic carboxylic acids is 1. The van der Waals surface area contributed by atoms with Gasteiger partial charge in [-0.2, -0.15) is 0 Å². The van der Waals surface area contributed by atoms with Crippen molar-refractivity contribution in [3.05, 3.63) is 100 Å². The number of halogens is 1. The van der Waals surface area contributed by atoms with Crippen molar-refractivity contribution in [2.75, 3.05) is 13.7 Å². The number of allylic oxidation sites excluding steroid dienone is 4. The molecule has 0 fully saturated rings. The molecule has 4 aromatic rings. The molecule has 10 heteroatoms.